The molecule has 0 saturated heterocycles. The van der Waals surface area contributed by atoms with Gasteiger partial charge in [0.25, 0.3) is 0 Å². The molecule has 35 heavy (non-hydrogen) atoms. The average molecular weight is 658 g/mol. The van der Waals surface area contributed by atoms with Gasteiger partial charge in [0.15, 0.2) is 0 Å². The van der Waals surface area contributed by atoms with Gasteiger partial charge in [-0.25, -0.2) is 0 Å². The third-order valence-corrected chi connectivity index (χ3v) is 11.7. The van der Waals surface area contributed by atoms with E-state index < -0.39 is 0 Å². The van der Waals surface area contributed by atoms with E-state index in [1.54, 1.807) is 0 Å². The Bertz CT molecular complexity index is 495. The van der Waals surface area contributed by atoms with Crippen LogP contribution in [0.25, 0.3) is 0 Å². The number of hydrogen-bond acceptors (Lipinski definition) is 0. The van der Waals surface area contributed by atoms with Crippen molar-refractivity contribution >= 4 is 18.5 Å². The van der Waals surface area contributed by atoms with Gasteiger partial charge in [0.2, 0.25) is 0 Å². The van der Waals surface area contributed by atoms with Crippen LogP contribution in [0.4, 0.5) is 0 Å². The quantitative estimate of drug-likeness (QED) is 0.210. The molecule has 212 valence electrons. The van der Waals surface area contributed by atoms with Crippen LogP contribution in [0.2, 0.25) is 0 Å². The molecule has 0 heterocycles. The predicted octanol–water partition coefficient (Wildman–Crippen LogP) is 4.10. The van der Waals surface area contributed by atoms with Crippen molar-refractivity contribution < 1.29 is 45.2 Å². The fraction of sp³-hybridized carbons (Fsp3) is 0.867. The van der Waals surface area contributed by atoms with Crippen LogP contribution in [-0.4, -0.2) is 10.3 Å². The van der Waals surface area contributed by atoms with Gasteiger partial charge in [-0.05, 0) is 61.2 Å². The summed E-state index contributed by atoms with van der Waals surface area (Å²) in [7, 11) is 6.20. The van der Waals surface area contributed by atoms with Crippen LogP contribution in [0, 0.1) is 35.5 Å². The predicted molar refractivity (Wildman–Crippen MR) is 156 cm³/mol. The summed E-state index contributed by atoms with van der Waals surface area (Å²) in [6.45, 7) is 18.7. The molecule has 0 radical (unpaired) electrons. The summed E-state index contributed by atoms with van der Waals surface area (Å²) in [4.78, 5) is 0. The molecule has 0 aliphatic heterocycles. The van der Waals surface area contributed by atoms with Gasteiger partial charge in [-0.15, -0.1) is 18.5 Å². The van der Waals surface area contributed by atoms with Crippen molar-refractivity contribution in [3.05, 3.63) is 24.3 Å². The van der Waals surface area contributed by atoms with E-state index in [1.165, 1.54) is 64.2 Å². The fourth-order valence-electron chi connectivity index (χ4n) is 5.36. The Morgan fingerprint density at radius 2 is 0.743 bits per heavy atom. The molecule has 2 saturated carbocycles. The van der Waals surface area contributed by atoms with Crippen LogP contribution in [0.15, 0.2) is 24.3 Å². The SMILES string of the molecule is CC(C)C(P)(C=CC1CCCCC1)C(C)C.CC(C)C(P)(C=CC1CCCCC1)C(C)C.[Cl-].[Cl-].[Pd+2]. The van der Waals surface area contributed by atoms with E-state index in [1.807, 2.05) is 0 Å². The summed E-state index contributed by atoms with van der Waals surface area (Å²) < 4.78 is 0. The molecule has 5 heteroatoms. The van der Waals surface area contributed by atoms with Gasteiger partial charge < -0.3 is 24.8 Å². The Morgan fingerprint density at radius 3 is 0.943 bits per heavy atom. The number of halogens is 2. The second-order valence-corrected chi connectivity index (χ2v) is 14.1. The van der Waals surface area contributed by atoms with E-state index in [9.17, 15) is 0 Å². The number of allylic oxidation sites excluding steroid dienone is 4. The van der Waals surface area contributed by atoms with Crippen molar-refractivity contribution in [2.45, 2.75) is 130 Å². The molecule has 2 unspecified atom stereocenters. The minimum atomic E-state index is 0. The third kappa shape index (κ3) is 14.0. The zero-order chi connectivity index (χ0) is 24.4. The Hall–Kier alpha value is 1.58. The largest absolute Gasteiger partial charge is 2.00 e. The Labute approximate surface area is 252 Å². The molecule has 0 aromatic rings. The molecule has 0 bridgehead atoms. The maximum atomic E-state index is 3.10. The van der Waals surface area contributed by atoms with Gasteiger partial charge in [0.05, 0.1) is 0 Å². The summed E-state index contributed by atoms with van der Waals surface area (Å²) in [6, 6.07) is 0. The second kappa shape index (κ2) is 20.5. The van der Waals surface area contributed by atoms with Crippen LogP contribution in [0.5, 0.6) is 0 Å². The molecule has 0 N–H and O–H groups in total. The van der Waals surface area contributed by atoms with Gasteiger partial charge >= 0.3 is 20.4 Å². The molecule has 0 spiro atoms. The summed E-state index contributed by atoms with van der Waals surface area (Å²) in [5, 5.41) is 0.578. The zero-order valence-electron chi connectivity index (χ0n) is 24.1. The summed E-state index contributed by atoms with van der Waals surface area (Å²) in [5.41, 5.74) is 0. The maximum Gasteiger partial charge on any atom is 2.00 e. The number of rotatable bonds is 8. The zero-order valence-corrected chi connectivity index (χ0v) is 29.4. The van der Waals surface area contributed by atoms with Gasteiger partial charge in [-0.1, -0.05) is 118 Å². The Balaban J connectivity index is -0.000000539. The van der Waals surface area contributed by atoms with Crippen molar-refractivity contribution in [1.29, 1.82) is 0 Å². The Kier molecular flexibility index (Phi) is 24.0. The minimum absolute atomic E-state index is 0. The second-order valence-electron chi connectivity index (χ2n) is 12.1. The summed E-state index contributed by atoms with van der Waals surface area (Å²) in [6.07, 6.45) is 24.3. The molecule has 0 amide bonds. The fourth-order valence-corrected chi connectivity index (χ4v) is 5.58. The van der Waals surface area contributed by atoms with Crippen LogP contribution < -0.4 is 24.8 Å². The van der Waals surface area contributed by atoms with Gasteiger partial charge in [-0.2, -0.15) is 0 Å². The molecule has 2 aliphatic rings. The first-order valence-corrected chi connectivity index (χ1v) is 15.0. The van der Waals surface area contributed by atoms with E-state index in [-0.39, 0.29) is 55.5 Å². The third-order valence-electron chi connectivity index (χ3n) is 8.61. The van der Waals surface area contributed by atoms with Crippen LogP contribution >= 0.6 is 18.5 Å². The van der Waals surface area contributed by atoms with Gasteiger partial charge in [0.1, 0.15) is 0 Å². The van der Waals surface area contributed by atoms with Gasteiger partial charge in [-0.3, -0.25) is 0 Å². The van der Waals surface area contributed by atoms with Gasteiger partial charge in [0, 0.05) is 10.3 Å². The van der Waals surface area contributed by atoms with Crippen LogP contribution in [0.3, 0.4) is 0 Å². The van der Waals surface area contributed by atoms with Crippen molar-refractivity contribution in [3.63, 3.8) is 0 Å². The van der Waals surface area contributed by atoms with E-state index in [0.717, 1.165) is 11.8 Å². The summed E-state index contributed by atoms with van der Waals surface area (Å²) >= 11 is 0. The molecular weight excluding hydrogens is 600 g/mol. The molecule has 0 nitrogen and oxygen atoms in total. The molecule has 2 fully saturated rings. The van der Waals surface area contributed by atoms with E-state index >= 15 is 0 Å². The normalized spacial score (nSPS) is 18.5. The molecule has 2 rings (SSSR count). The van der Waals surface area contributed by atoms with Crippen LogP contribution in [-0.2, 0) is 20.4 Å². The van der Waals surface area contributed by atoms with E-state index in [0.29, 0.717) is 23.7 Å². The van der Waals surface area contributed by atoms with Crippen molar-refractivity contribution in [2.24, 2.45) is 35.5 Å². The minimum Gasteiger partial charge on any atom is -1.00 e. The molecule has 2 atom stereocenters. The average Bonchev–Trinajstić information content (AvgIpc) is 2.77. The molecule has 0 aromatic heterocycles. The first-order chi connectivity index (χ1) is 14.9. The van der Waals surface area contributed by atoms with Crippen molar-refractivity contribution in [1.82, 2.24) is 0 Å². The molecular formula is C30H58Cl2P2Pd. The smallest absolute Gasteiger partial charge is 1.00 e. The first kappa shape index (κ1) is 41.1. The van der Waals surface area contributed by atoms with Crippen LogP contribution in [0.1, 0.15) is 120 Å². The van der Waals surface area contributed by atoms with E-state index in [4.69, 9.17) is 0 Å². The number of hydrogen-bond donors (Lipinski definition) is 0. The topological polar surface area (TPSA) is 0 Å². The standard InChI is InChI=1S/2C15H29P.2ClH.Pd/c2*1-12(2)15(16,13(3)4)11-10-14-8-6-5-7-9-14;;;/h2*10-14H,5-9,16H2,1-4H3;2*1H;/q;;;;+2/p-2. The first-order valence-electron chi connectivity index (χ1n) is 13.9. The van der Waals surface area contributed by atoms with Crippen molar-refractivity contribution in [2.75, 3.05) is 0 Å². The monoisotopic (exact) mass is 656 g/mol. The van der Waals surface area contributed by atoms with E-state index in [2.05, 4.69) is 98.2 Å². The molecule has 0 aromatic carbocycles. The van der Waals surface area contributed by atoms with Crippen molar-refractivity contribution in [3.8, 4) is 0 Å². The maximum absolute atomic E-state index is 3.10. The summed E-state index contributed by atoms with van der Waals surface area (Å²) in [5.74, 6) is 4.47. The Morgan fingerprint density at radius 1 is 0.514 bits per heavy atom. The molecule has 2 aliphatic carbocycles.